The van der Waals surface area contributed by atoms with E-state index in [9.17, 15) is 117 Å². The highest BCUT2D eigenvalue weighted by Gasteiger charge is 2.44. The predicted molar refractivity (Wildman–Crippen MR) is 467 cm³/mol. The number of rotatable bonds is 58. The maximum absolute atomic E-state index is 14.9. The topological polar surface area (TPSA) is 777 Å². The highest BCUT2D eigenvalue weighted by Crippen LogP contribution is 2.24. The molecule has 2 aliphatic heterocycles. The smallest absolute Gasteiger partial charge is 0.326 e. The van der Waals surface area contributed by atoms with Crippen molar-refractivity contribution in [2.24, 2.45) is 22.9 Å². The lowest BCUT2D eigenvalue weighted by atomic mass is 10.0. The molecule has 4 heterocycles. The van der Waals surface area contributed by atoms with E-state index in [2.05, 4.69) is 89.1 Å². The first-order chi connectivity index (χ1) is 61.2. The molecule has 2 fully saturated rings. The van der Waals surface area contributed by atoms with Crippen molar-refractivity contribution in [1.29, 1.82) is 5.41 Å². The van der Waals surface area contributed by atoms with Crippen LogP contribution in [0.1, 0.15) is 127 Å². The van der Waals surface area contributed by atoms with Crippen LogP contribution in [0.4, 0.5) is 0 Å². The molecule has 0 aliphatic carbocycles. The number of aromatic nitrogens is 4. The van der Waals surface area contributed by atoms with Crippen molar-refractivity contribution >= 4 is 148 Å². The van der Waals surface area contributed by atoms with Crippen LogP contribution in [0, 0.1) is 5.41 Å². The number of nitrogens with one attached hydrogen (secondary N) is 16. The van der Waals surface area contributed by atoms with Gasteiger partial charge in [0.15, 0.2) is 5.96 Å². The molecule has 5 rings (SSSR count). The molecule has 1 aromatic carbocycles. The van der Waals surface area contributed by atoms with Crippen molar-refractivity contribution in [3.8, 4) is 5.75 Å². The van der Waals surface area contributed by atoms with Crippen LogP contribution in [-0.4, -0.2) is 338 Å². The Morgan fingerprint density at radius 3 is 1.26 bits per heavy atom. The first-order valence-electron chi connectivity index (χ1n) is 41.5. The number of aromatic hydroxyl groups is 1. The maximum atomic E-state index is 14.9. The molecule has 30 N–H and O–H groups in total. The van der Waals surface area contributed by atoms with Gasteiger partial charge in [-0.05, 0) is 145 Å². The van der Waals surface area contributed by atoms with Crippen LogP contribution in [0.2, 0.25) is 0 Å². The highest BCUT2D eigenvalue weighted by atomic mass is 32.2. The second kappa shape index (κ2) is 55.1. The van der Waals surface area contributed by atoms with Crippen molar-refractivity contribution in [3.63, 3.8) is 0 Å². The average Bonchev–Trinajstić information content (AvgIpc) is 1.71. The first-order valence-corrected chi connectivity index (χ1v) is 45.7. The number of aliphatic carboxylic acids is 2. The minimum absolute atomic E-state index is 0.00920. The van der Waals surface area contributed by atoms with Gasteiger partial charge in [0.1, 0.15) is 90.3 Å². The number of H-pyrrole nitrogens is 2. The van der Waals surface area contributed by atoms with E-state index in [1.807, 2.05) is 6.26 Å². The molecule has 0 unspecified atom stereocenters. The normalized spacial score (nSPS) is 17.0. The molecule has 51 heteroatoms. The molecule has 129 heavy (non-hydrogen) atoms. The van der Waals surface area contributed by atoms with Gasteiger partial charge in [0, 0.05) is 70.6 Å². The van der Waals surface area contributed by atoms with Crippen LogP contribution < -0.4 is 92.1 Å². The monoisotopic (exact) mass is 1870 g/mol. The van der Waals surface area contributed by atoms with Gasteiger partial charge in [-0.25, -0.2) is 14.8 Å². The van der Waals surface area contributed by atoms with Gasteiger partial charge in [-0.2, -0.15) is 35.3 Å². The molecule has 48 nitrogen and oxygen atoms in total. The molecule has 0 spiro atoms. The number of nitrogens with zero attached hydrogens (tertiary/aromatic N) is 4. The van der Waals surface area contributed by atoms with Crippen molar-refractivity contribution in [2.45, 2.75) is 232 Å². The summed E-state index contributed by atoms with van der Waals surface area (Å²) in [5.74, 6) is -19.2. The average molecular weight is 1870 g/mol. The Bertz CT molecular complexity index is 4310. The third-order valence-electron chi connectivity index (χ3n) is 20.8. The Kier molecular flexibility index (Phi) is 45.9. The van der Waals surface area contributed by atoms with E-state index in [0.717, 1.165) is 18.7 Å². The fraction of sp³-hybridized carbons (Fsp3) is 0.603. The largest absolute Gasteiger partial charge is 0.508 e. The van der Waals surface area contributed by atoms with Crippen LogP contribution in [0.5, 0.6) is 5.75 Å². The van der Waals surface area contributed by atoms with Crippen molar-refractivity contribution in [2.75, 3.05) is 62.3 Å². The number of phenolic OH excluding ortho intramolecular Hbond substituents is 1. The van der Waals surface area contributed by atoms with E-state index in [1.165, 1.54) is 89.5 Å². The van der Waals surface area contributed by atoms with Crippen LogP contribution in [-0.2, 0) is 106 Å². The van der Waals surface area contributed by atoms with Gasteiger partial charge in [0.05, 0.1) is 48.9 Å². The summed E-state index contributed by atoms with van der Waals surface area (Å²) in [5, 5.41) is 102. The standard InChI is InChI=1S/C78H120N24O24S3/c1-39(104)61(73(121)94-51(24-30-129-5)76(124)102-27-8-11-57(102)77(125)126)100-71(119)55(36-103)98-64(112)46(9-6-25-86-78(82)83)89-68(116)53(32-42-34-84-37-87-42)96-69(117)54(33-43-35-85-38-88-43)97-74(122)62(40(2)105)99-70(118)52(31-41-12-14-44(106)15-13-41)95-67(115)47(16-19-58(80)107)90-66(114)49(18-21-60(109)110)91-65(113)48(17-20-59(81)108)92-72(120)56-10-7-26-101(56)75(123)50(23-29-128-4)93-63(111)45(79)22-28-127-3/h12-15,34-35,37-40,45-57,61-62,103-106H,6-11,16-33,36,79H2,1-5H3,(H2,80,107)(H2,81,108)(H,84,87)(H,85,88)(H,89,116)(H,90,114)(H,91,113)(H,92,120)(H,93,111)(H,94,121)(H,95,115)(H,96,117)(H,97,122)(H,98,112)(H,99,118)(H,100,119)(H,109,110)(H,125,126)(H4,82,83,86)/t39-,40-,45+,46+,47+,48+,49+,50+,51+,52+,53+,54+,55+,56+,57+,61+,62+/m1/s1. The number of carboxylic acids is 2. The van der Waals surface area contributed by atoms with E-state index < -0.39 is 280 Å². The predicted octanol–water partition coefficient (Wildman–Crippen LogP) is -8.25. The Morgan fingerprint density at radius 2 is 0.845 bits per heavy atom. The zero-order valence-electron chi connectivity index (χ0n) is 72.0. The number of carbonyl (C=O) groups excluding carboxylic acids is 16. The van der Waals surface area contributed by atoms with Gasteiger partial charge in [-0.3, -0.25) is 86.9 Å². The number of phenols is 1. The summed E-state index contributed by atoms with van der Waals surface area (Å²) in [5.41, 5.74) is 23.1. The third-order valence-corrected chi connectivity index (χ3v) is 22.7. The van der Waals surface area contributed by atoms with Gasteiger partial charge in [0.25, 0.3) is 0 Å². The summed E-state index contributed by atoms with van der Waals surface area (Å²) in [7, 11) is 0. The third kappa shape index (κ3) is 36.3. The van der Waals surface area contributed by atoms with Gasteiger partial charge in [-0.1, -0.05) is 12.1 Å². The Morgan fingerprint density at radius 1 is 0.473 bits per heavy atom. The number of aromatic amines is 2. The number of carbonyl (C=O) groups is 18. The number of benzene rings is 1. The van der Waals surface area contributed by atoms with Gasteiger partial charge < -0.3 is 142 Å². The van der Waals surface area contributed by atoms with Gasteiger partial charge in [0.2, 0.25) is 94.5 Å². The highest BCUT2D eigenvalue weighted by molar-refractivity contribution is 7.99. The number of hydrogen-bond donors (Lipinski definition) is 26. The number of amides is 16. The van der Waals surface area contributed by atoms with Crippen LogP contribution >= 0.6 is 35.3 Å². The second-order valence-electron chi connectivity index (χ2n) is 30.7. The molecule has 3 aromatic rings. The van der Waals surface area contributed by atoms with Crippen molar-refractivity contribution < 1.29 is 117 Å². The van der Waals surface area contributed by atoms with Crippen molar-refractivity contribution in [1.82, 2.24) is 98.9 Å². The molecule has 17 atom stereocenters. The first kappa shape index (κ1) is 108. The molecule has 0 saturated carbocycles. The van der Waals surface area contributed by atoms with E-state index in [4.69, 9.17) is 28.3 Å². The molecular weight excluding hydrogens is 1750 g/mol. The van der Waals surface area contributed by atoms with E-state index in [1.54, 1.807) is 12.5 Å². The minimum atomic E-state index is -2.08. The van der Waals surface area contributed by atoms with E-state index >= 15 is 0 Å². The van der Waals surface area contributed by atoms with E-state index in [0.29, 0.717) is 36.5 Å². The lowest BCUT2D eigenvalue weighted by molar-refractivity contribution is -0.149. The lowest BCUT2D eigenvalue weighted by Crippen LogP contribution is -2.63. The van der Waals surface area contributed by atoms with Crippen LogP contribution in [0.25, 0.3) is 0 Å². The number of hydrogen-bond acceptors (Lipinski definition) is 29. The summed E-state index contributed by atoms with van der Waals surface area (Å²) in [6.07, 6.45) is 2.39. The number of aliphatic hydroxyl groups excluding tert-OH is 3. The zero-order valence-corrected chi connectivity index (χ0v) is 74.4. The Labute approximate surface area is 754 Å². The summed E-state index contributed by atoms with van der Waals surface area (Å²) in [4.78, 5) is 266. The van der Waals surface area contributed by atoms with Crippen LogP contribution in [0.15, 0.2) is 49.3 Å². The molecular formula is C78H120N24O24S3. The summed E-state index contributed by atoms with van der Waals surface area (Å²) < 4.78 is 0. The van der Waals surface area contributed by atoms with Gasteiger partial charge >= 0.3 is 11.9 Å². The summed E-state index contributed by atoms with van der Waals surface area (Å²) in [6, 6.07) is -19.3. The Hall–Kier alpha value is -11.9. The number of imidazole rings is 2. The summed E-state index contributed by atoms with van der Waals surface area (Å²) >= 11 is 4.17. The number of primary amides is 2. The number of aliphatic hydroxyl groups is 3. The van der Waals surface area contributed by atoms with E-state index in [-0.39, 0.29) is 80.9 Å². The number of guanidine groups is 1. The molecule has 2 aromatic heterocycles. The number of thioether (sulfide) groups is 3. The number of likely N-dealkylation sites (tertiary alicyclic amines) is 2. The second-order valence-corrected chi connectivity index (χ2v) is 33.7. The van der Waals surface area contributed by atoms with Gasteiger partial charge in [-0.15, -0.1) is 0 Å². The fourth-order valence-corrected chi connectivity index (χ4v) is 15.2. The zero-order chi connectivity index (χ0) is 95.7. The minimum Gasteiger partial charge on any atom is -0.508 e. The molecule has 2 aliphatic rings. The maximum Gasteiger partial charge on any atom is 0.326 e. The molecule has 2 saturated heterocycles. The number of nitrogens with two attached hydrogens (primary N) is 4. The molecule has 16 amide bonds. The molecule has 0 bridgehead atoms. The van der Waals surface area contributed by atoms with Crippen LogP contribution in [0.3, 0.4) is 0 Å². The SMILES string of the molecule is CSCC[C@H](NC(=O)[C@@H](NC(=O)[C@H](CO)NC(=O)[C@H](CCCNC(=N)N)NC(=O)[C@H](Cc1c[nH]cn1)NC(=O)[C@H](Cc1c[nH]cn1)NC(=O)[C@@H](NC(=O)[C@H](Cc1ccc(O)cc1)NC(=O)[C@H](CCC(N)=O)NC(=O)[C@H](CCC(=O)O)NC(=O)[C@H](CCC(N)=O)NC(=O)[C@@H]1CCCN1C(=O)[C@H](CCSC)NC(=O)[C@@H](N)CCSC)[C@@H](C)O)[C@@H](C)O)C(=O)N1CCC[C@H]1C(=O)O. The molecule has 714 valence electrons. The fourth-order valence-electron chi connectivity index (χ4n) is 13.7. The quantitative estimate of drug-likeness (QED) is 0.0142. The summed E-state index contributed by atoms with van der Waals surface area (Å²) in [6.45, 7) is 1.04. The lowest BCUT2D eigenvalue weighted by Gasteiger charge is -2.30. The van der Waals surface area contributed by atoms with Crippen molar-refractivity contribution in [3.05, 3.63) is 66.3 Å². The number of carboxylic acid groups (broad SMARTS) is 2. The molecule has 0 radical (unpaired) electrons. The Balaban J connectivity index is 1.41.